The van der Waals surface area contributed by atoms with E-state index in [1.807, 2.05) is 0 Å². The van der Waals surface area contributed by atoms with Gasteiger partial charge in [-0.1, -0.05) is 0 Å². The highest BCUT2D eigenvalue weighted by Gasteiger charge is 2.12. The molecule has 18 heavy (non-hydrogen) atoms. The van der Waals surface area contributed by atoms with Crippen LogP contribution in [-0.4, -0.2) is 9.55 Å². The van der Waals surface area contributed by atoms with Crippen LogP contribution in [-0.2, 0) is 6.61 Å². The molecule has 2 aromatic rings. The molecule has 0 spiro atoms. The van der Waals surface area contributed by atoms with Gasteiger partial charge in [-0.3, -0.25) is 4.57 Å². The second-order valence-electron chi connectivity index (χ2n) is 3.39. The smallest absolute Gasteiger partial charge is 0.320 e. The number of halogens is 4. The van der Waals surface area contributed by atoms with Crippen LogP contribution >= 0.6 is 15.9 Å². The Morgan fingerprint density at radius 3 is 2.89 bits per heavy atom. The molecule has 1 aromatic heterocycles. The van der Waals surface area contributed by atoms with Crippen molar-refractivity contribution in [3.05, 3.63) is 46.7 Å². The van der Waals surface area contributed by atoms with Crippen LogP contribution in [0.5, 0.6) is 5.75 Å². The molecule has 0 radical (unpaired) electrons. The molecule has 1 heterocycles. The average Bonchev–Trinajstić information content (AvgIpc) is 2.79. The van der Waals surface area contributed by atoms with Crippen LogP contribution in [0.25, 0.3) is 0 Å². The zero-order chi connectivity index (χ0) is 13.1. The Balaban J connectivity index is 2.11. The molecule has 0 N–H and O–H groups in total. The second kappa shape index (κ2) is 5.43. The maximum Gasteiger partial charge on any atom is 0.320 e. The van der Waals surface area contributed by atoms with Crippen molar-refractivity contribution in [2.24, 2.45) is 0 Å². The van der Waals surface area contributed by atoms with E-state index in [1.54, 1.807) is 0 Å². The van der Waals surface area contributed by atoms with Crippen LogP contribution in [0.1, 0.15) is 12.4 Å². The van der Waals surface area contributed by atoms with Crippen molar-refractivity contribution in [1.82, 2.24) is 9.55 Å². The van der Waals surface area contributed by atoms with Gasteiger partial charge in [0.1, 0.15) is 18.2 Å². The van der Waals surface area contributed by atoms with E-state index in [-0.39, 0.29) is 18.2 Å². The molecule has 0 unspecified atom stereocenters. The summed E-state index contributed by atoms with van der Waals surface area (Å²) >= 11 is 3.18. The number of nitrogens with zero attached hydrogens (tertiary/aromatic N) is 2. The minimum Gasteiger partial charge on any atom is -0.484 e. The minimum atomic E-state index is -2.68. The molecule has 96 valence electrons. The average molecular weight is 321 g/mol. The molecule has 0 amide bonds. The first-order valence-corrected chi connectivity index (χ1v) is 5.75. The fraction of sp³-hybridized carbons (Fsp3) is 0.182. The normalized spacial score (nSPS) is 10.9. The summed E-state index contributed by atoms with van der Waals surface area (Å²) in [6.07, 6.45) is 2.41. The number of benzene rings is 1. The van der Waals surface area contributed by atoms with Crippen LogP contribution in [0.15, 0.2) is 35.1 Å². The lowest BCUT2D eigenvalue weighted by atomic mass is 10.3. The number of hydrogen-bond donors (Lipinski definition) is 0. The Morgan fingerprint density at radius 2 is 2.17 bits per heavy atom. The summed E-state index contributed by atoms with van der Waals surface area (Å²) in [5, 5.41) is 0. The first kappa shape index (κ1) is 12.9. The summed E-state index contributed by atoms with van der Waals surface area (Å²) in [6.45, 7) is -2.85. The highest BCUT2D eigenvalue weighted by Crippen LogP contribution is 2.26. The van der Waals surface area contributed by atoms with Gasteiger partial charge in [0.2, 0.25) is 0 Å². The van der Waals surface area contributed by atoms with Gasteiger partial charge >= 0.3 is 6.55 Å². The lowest BCUT2D eigenvalue weighted by Crippen LogP contribution is -2.07. The van der Waals surface area contributed by atoms with Gasteiger partial charge in [0.15, 0.2) is 5.82 Å². The van der Waals surface area contributed by atoms with Crippen molar-refractivity contribution in [1.29, 1.82) is 0 Å². The molecule has 0 bridgehead atoms. The molecule has 0 aliphatic heterocycles. The predicted octanol–water partition coefficient (Wildman–Crippen LogP) is 3.76. The Hall–Kier alpha value is -1.50. The van der Waals surface area contributed by atoms with Gasteiger partial charge in [0.05, 0.1) is 4.47 Å². The number of hydrogen-bond acceptors (Lipinski definition) is 2. The van der Waals surface area contributed by atoms with E-state index in [1.165, 1.54) is 24.4 Å². The van der Waals surface area contributed by atoms with Crippen LogP contribution in [0, 0.1) is 5.82 Å². The predicted molar refractivity (Wildman–Crippen MR) is 61.9 cm³/mol. The van der Waals surface area contributed by atoms with Crippen molar-refractivity contribution in [3.8, 4) is 5.75 Å². The quantitative estimate of drug-likeness (QED) is 0.857. The SMILES string of the molecule is Fc1ccc(Br)c(OCc2nccn2C(F)F)c1. The first-order valence-electron chi connectivity index (χ1n) is 4.95. The standard InChI is InChI=1S/C11H8BrF3N2O/c12-8-2-1-7(13)5-9(8)18-6-10-16-3-4-17(10)11(14)15/h1-5,11H,6H2. The van der Waals surface area contributed by atoms with Crippen molar-refractivity contribution in [3.63, 3.8) is 0 Å². The summed E-state index contributed by atoms with van der Waals surface area (Å²) in [5.74, 6) is -0.162. The van der Waals surface area contributed by atoms with Crippen LogP contribution in [0.3, 0.4) is 0 Å². The van der Waals surface area contributed by atoms with Crippen molar-refractivity contribution >= 4 is 15.9 Å². The highest BCUT2D eigenvalue weighted by atomic mass is 79.9. The molecule has 3 nitrogen and oxygen atoms in total. The third-order valence-corrected chi connectivity index (χ3v) is 2.86. The molecule has 0 fully saturated rings. The molecule has 0 saturated heterocycles. The Morgan fingerprint density at radius 1 is 1.39 bits per heavy atom. The molecule has 2 rings (SSSR count). The Kier molecular flexibility index (Phi) is 3.90. The van der Waals surface area contributed by atoms with E-state index in [0.717, 1.165) is 6.20 Å². The molecular formula is C11H8BrF3N2O. The molecule has 7 heteroatoms. The van der Waals surface area contributed by atoms with Crippen LogP contribution in [0.2, 0.25) is 0 Å². The zero-order valence-corrected chi connectivity index (χ0v) is 10.6. The van der Waals surface area contributed by atoms with Crippen molar-refractivity contribution in [2.45, 2.75) is 13.2 Å². The Labute approximate surface area is 109 Å². The lowest BCUT2D eigenvalue weighted by Gasteiger charge is -2.09. The monoisotopic (exact) mass is 320 g/mol. The van der Waals surface area contributed by atoms with Crippen LogP contribution in [0.4, 0.5) is 13.2 Å². The maximum absolute atomic E-state index is 13.0. The number of ether oxygens (including phenoxy) is 1. The Bertz CT molecular complexity index is 545. The number of imidazole rings is 1. The summed E-state index contributed by atoms with van der Waals surface area (Å²) in [5.41, 5.74) is 0. The fourth-order valence-corrected chi connectivity index (χ4v) is 1.72. The van der Waals surface area contributed by atoms with Gasteiger partial charge in [-0.05, 0) is 28.1 Å². The molecular weight excluding hydrogens is 313 g/mol. The van der Waals surface area contributed by atoms with E-state index < -0.39 is 12.4 Å². The number of rotatable bonds is 4. The molecule has 0 saturated carbocycles. The summed E-state index contributed by atoms with van der Waals surface area (Å²) < 4.78 is 44.5. The van der Waals surface area contributed by atoms with Gasteiger partial charge < -0.3 is 4.74 Å². The highest BCUT2D eigenvalue weighted by molar-refractivity contribution is 9.10. The van der Waals surface area contributed by atoms with Gasteiger partial charge in [-0.2, -0.15) is 8.78 Å². The van der Waals surface area contributed by atoms with E-state index in [0.29, 0.717) is 9.04 Å². The zero-order valence-electron chi connectivity index (χ0n) is 8.99. The molecule has 0 atom stereocenters. The maximum atomic E-state index is 13.0. The van der Waals surface area contributed by atoms with Gasteiger partial charge in [-0.25, -0.2) is 9.37 Å². The van der Waals surface area contributed by atoms with E-state index in [4.69, 9.17) is 4.74 Å². The lowest BCUT2D eigenvalue weighted by molar-refractivity contribution is 0.0632. The fourth-order valence-electron chi connectivity index (χ4n) is 1.36. The molecule has 1 aromatic carbocycles. The van der Waals surface area contributed by atoms with Crippen molar-refractivity contribution < 1.29 is 17.9 Å². The third kappa shape index (κ3) is 2.84. The topological polar surface area (TPSA) is 27.1 Å². The summed E-state index contributed by atoms with van der Waals surface area (Å²) in [7, 11) is 0. The number of aromatic nitrogens is 2. The minimum absolute atomic E-state index is 0.0705. The largest absolute Gasteiger partial charge is 0.484 e. The number of alkyl halides is 2. The van der Waals surface area contributed by atoms with E-state index in [9.17, 15) is 13.2 Å². The van der Waals surface area contributed by atoms with E-state index >= 15 is 0 Å². The second-order valence-corrected chi connectivity index (χ2v) is 4.25. The summed E-state index contributed by atoms with van der Waals surface area (Å²) in [4.78, 5) is 3.75. The van der Waals surface area contributed by atoms with Gasteiger partial charge in [-0.15, -0.1) is 0 Å². The van der Waals surface area contributed by atoms with E-state index in [2.05, 4.69) is 20.9 Å². The van der Waals surface area contributed by atoms with Gasteiger partial charge in [0.25, 0.3) is 0 Å². The van der Waals surface area contributed by atoms with Gasteiger partial charge in [0, 0.05) is 18.5 Å². The third-order valence-electron chi connectivity index (χ3n) is 2.21. The summed E-state index contributed by atoms with van der Waals surface area (Å²) in [6, 6.07) is 3.90. The molecule has 0 aliphatic carbocycles. The first-order chi connectivity index (χ1) is 8.58. The van der Waals surface area contributed by atoms with Crippen molar-refractivity contribution in [2.75, 3.05) is 0 Å². The van der Waals surface area contributed by atoms with Crippen LogP contribution < -0.4 is 4.74 Å². The molecule has 0 aliphatic rings.